The Morgan fingerprint density at radius 2 is 1.83 bits per heavy atom. The van der Waals surface area contributed by atoms with Crippen molar-refractivity contribution in [2.45, 2.75) is 29.7 Å². The van der Waals surface area contributed by atoms with E-state index in [4.69, 9.17) is 0 Å². The minimum Gasteiger partial charge on any atom is -0.308 e. The first-order valence-electron chi connectivity index (χ1n) is 9.35. The third-order valence-corrected chi connectivity index (χ3v) is 7.40. The zero-order valence-electron chi connectivity index (χ0n) is 16.9. The molecule has 9 heteroatoms. The molecule has 0 saturated carbocycles. The Hall–Kier alpha value is -2.36. The molecule has 154 valence electrons. The van der Waals surface area contributed by atoms with Crippen LogP contribution in [0.4, 0.5) is 5.13 Å². The zero-order valence-corrected chi connectivity index (χ0v) is 19.3. The number of fused-ring (bicyclic) bond motifs is 1. The Morgan fingerprint density at radius 3 is 2.63 bits per heavy atom. The van der Waals surface area contributed by atoms with Crippen LogP contribution in [-0.2, 0) is 17.6 Å². The predicted molar refractivity (Wildman–Crippen MR) is 125 cm³/mol. The molecule has 0 atom stereocenters. The molecular formula is C21H21N5OS3. The number of amides is 1. The lowest BCUT2D eigenvalue weighted by Gasteiger charge is -2.04. The van der Waals surface area contributed by atoms with Gasteiger partial charge in [0.1, 0.15) is 5.82 Å². The highest BCUT2D eigenvalue weighted by Gasteiger charge is 2.13. The highest BCUT2D eigenvalue weighted by atomic mass is 32.2. The molecular weight excluding hydrogens is 434 g/mol. The quantitative estimate of drug-likeness (QED) is 0.393. The van der Waals surface area contributed by atoms with Crippen molar-refractivity contribution in [1.29, 1.82) is 0 Å². The second kappa shape index (κ2) is 9.20. The standard InChI is InChI=1S/C21H21N5OS3/c1-13-4-7-15(8-5-13)28-11-18-24-25-21(26(18)3)29-12-19(27)23-20-22-16-9-6-14(2)10-17(16)30-20/h4-10H,11-12H2,1-3H3,(H,22,23,27). The van der Waals surface area contributed by atoms with Crippen molar-refractivity contribution >= 4 is 56.1 Å². The molecule has 4 aromatic rings. The zero-order chi connectivity index (χ0) is 21.1. The number of aryl methyl sites for hydroxylation is 2. The van der Waals surface area contributed by atoms with E-state index in [0.29, 0.717) is 5.13 Å². The van der Waals surface area contributed by atoms with E-state index >= 15 is 0 Å². The van der Waals surface area contributed by atoms with E-state index in [1.807, 2.05) is 30.7 Å². The van der Waals surface area contributed by atoms with Crippen LogP contribution in [0.2, 0.25) is 0 Å². The number of thiazole rings is 1. The van der Waals surface area contributed by atoms with Crippen molar-refractivity contribution in [1.82, 2.24) is 19.7 Å². The average molecular weight is 456 g/mol. The highest BCUT2D eigenvalue weighted by Crippen LogP contribution is 2.27. The maximum Gasteiger partial charge on any atom is 0.236 e. The second-order valence-electron chi connectivity index (χ2n) is 6.89. The number of hydrogen-bond acceptors (Lipinski definition) is 7. The molecule has 0 fully saturated rings. The van der Waals surface area contributed by atoms with Crippen molar-refractivity contribution in [2.24, 2.45) is 7.05 Å². The third kappa shape index (κ3) is 5.03. The number of benzene rings is 2. The van der Waals surface area contributed by atoms with Gasteiger partial charge in [-0.2, -0.15) is 0 Å². The van der Waals surface area contributed by atoms with E-state index < -0.39 is 0 Å². The van der Waals surface area contributed by atoms with Crippen LogP contribution in [0.1, 0.15) is 17.0 Å². The van der Waals surface area contributed by atoms with Gasteiger partial charge in [-0.15, -0.1) is 22.0 Å². The number of aromatic nitrogens is 4. The Balaban J connectivity index is 1.31. The van der Waals surface area contributed by atoms with Crippen LogP contribution in [-0.4, -0.2) is 31.4 Å². The highest BCUT2D eigenvalue weighted by molar-refractivity contribution is 7.99. The third-order valence-electron chi connectivity index (χ3n) is 4.44. The summed E-state index contributed by atoms with van der Waals surface area (Å²) in [6.45, 7) is 4.12. The van der Waals surface area contributed by atoms with Crippen molar-refractivity contribution in [3.05, 3.63) is 59.4 Å². The topological polar surface area (TPSA) is 72.7 Å². The predicted octanol–water partition coefficient (Wildman–Crippen LogP) is 5.06. The number of hydrogen-bond donors (Lipinski definition) is 1. The summed E-state index contributed by atoms with van der Waals surface area (Å²) >= 11 is 4.58. The number of carbonyl (C=O) groups is 1. The molecule has 0 saturated heterocycles. The lowest BCUT2D eigenvalue weighted by atomic mass is 10.2. The van der Waals surface area contributed by atoms with E-state index in [9.17, 15) is 4.79 Å². The first-order valence-corrected chi connectivity index (χ1v) is 12.1. The number of nitrogens with zero attached hydrogens (tertiary/aromatic N) is 4. The van der Waals surface area contributed by atoms with Gasteiger partial charge in [0.2, 0.25) is 5.91 Å². The molecule has 2 aromatic carbocycles. The summed E-state index contributed by atoms with van der Waals surface area (Å²) in [5.41, 5.74) is 3.33. The molecule has 2 aromatic heterocycles. The van der Waals surface area contributed by atoms with Crippen LogP contribution in [0.3, 0.4) is 0 Å². The van der Waals surface area contributed by atoms with Crippen LogP contribution in [0.15, 0.2) is 52.5 Å². The van der Waals surface area contributed by atoms with Crippen molar-refractivity contribution in [3.63, 3.8) is 0 Å². The van der Waals surface area contributed by atoms with Crippen LogP contribution in [0.5, 0.6) is 0 Å². The lowest BCUT2D eigenvalue weighted by Crippen LogP contribution is -2.14. The number of thioether (sulfide) groups is 2. The van der Waals surface area contributed by atoms with Crippen molar-refractivity contribution < 1.29 is 4.79 Å². The first-order chi connectivity index (χ1) is 14.5. The Morgan fingerprint density at radius 1 is 1.07 bits per heavy atom. The van der Waals surface area contributed by atoms with Gasteiger partial charge in [0, 0.05) is 11.9 Å². The van der Waals surface area contributed by atoms with Crippen molar-refractivity contribution in [2.75, 3.05) is 11.1 Å². The average Bonchev–Trinajstić information content (AvgIpc) is 3.28. The smallest absolute Gasteiger partial charge is 0.236 e. The van der Waals surface area contributed by atoms with Gasteiger partial charge >= 0.3 is 0 Å². The summed E-state index contributed by atoms with van der Waals surface area (Å²) < 4.78 is 3.02. The van der Waals surface area contributed by atoms with Crippen LogP contribution >= 0.6 is 34.9 Å². The fourth-order valence-electron chi connectivity index (χ4n) is 2.75. The molecule has 1 N–H and O–H groups in total. The Labute approximate surface area is 187 Å². The molecule has 6 nitrogen and oxygen atoms in total. The summed E-state index contributed by atoms with van der Waals surface area (Å²) in [6, 6.07) is 14.5. The SMILES string of the molecule is Cc1ccc(SCc2nnc(SCC(=O)Nc3nc4ccc(C)cc4s3)n2C)cc1. The van der Waals surface area contributed by atoms with Gasteiger partial charge in [0.25, 0.3) is 0 Å². The molecule has 1 amide bonds. The van der Waals surface area contributed by atoms with Crippen LogP contribution in [0.25, 0.3) is 10.2 Å². The number of rotatable bonds is 7. The maximum absolute atomic E-state index is 12.4. The molecule has 4 rings (SSSR count). The summed E-state index contributed by atoms with van der Waals surface area (Å²) in [6.07, 6.45) is 0. The van der Waals surface area contributed by atoms with Gasteiger partial charge in [0.05, 0.1) is 21.7 Å². The summed E-state index contributed by atoms with van der Waals surface area (Å²) in [7, 11) is 1.93. The normalized spacial score (nSPS) is 11.2. The molecule has 0 spiro atoms. The Bertz CT molecular complexity index is 1180. The first kappa shape index (κ1) is 20.9. The van der Waals surface area contributed by atoms with Crippen molar-refractivity contribution in [3.8, 4) is 0 Å². The number of carbonyl (C=O) groups excluding carboxylic acids is 1. The molecule has 0 aliphatic rings. The molecule has 2 heterocycles. The number of anilines is 1. The van der Waals surface area contributed by atoms with E-state index in [1.165, 1.54) is 39.1 Å². The molecule has 0 aliphatic carbocycles. The van der Waals surface area contributed by atoms with E-state index in [0.717, 1.165) is 27.0 Å². The van der Waals surface area contributed by atoms with Gasteiger partial charge in [-0.05, 0) is 43.7 Å². The summed E-state index contributed by atoms with van der Waals surface area (Å²) in [5, 5.41) is 12.7. The van der Waals surface area contributed by atoms with Crippen LogP contribution in [0, 0.1) is 13.8 Å². The molecule has 0 aliphatic heterocycles. The molecule has 0 bridgehead atoms. The summed E-state index contributed by atoms with van der Waals surface area (Å²) in [5.74, 6) is 1.76. The minimum atomic E-state index is -0.102. The van der Waals surface area contributed by atoms with Gasteiger partial charge in [-0.25, -0.2) is 4.98 Å². The number of nitrogens with one attached hydrogen (secondary N) is 1. The fraction of sp³-hybridized carbons (Fsp3) is 0.238. The molecule has 0 radical (unpaired) electrons. The summed E-state index contributed by atoms with van der Waals surface area (Å²) in [4.78, 5) is 18.0. The van der Waals surface area contributed by atoms with E-state index in [2.05, 4.69) is 57.8 Å². The Kier molecular flexibility index (Phi) is 6.40. The van der Waals surface area contributed by atoms with Gasteiger partial charge < -0.3 is 9.88 Å². The van der Waals surface area contributed by atoms with E-state index in [1.54, 1.807) is 11.8 Å². The second-order valence-corrected chi connectivity index (χ2v) is 9.91. The fourth-order valence-corrected chi connectivity index (χ4v) is 5.34. The van der Waals surface area contributed by atoms with Gasteiger partial charge in [-0.3, -0.25) is 4.79 Å². The van der Waals surface area contributed by atoms with Crippen LogP contribution < -0.4 is 5.32 Å². The largest absolute Gasteiger partial charge is 0.308 e. The molecule has 0 unspecified atom stereocenters. The maximum atomic E-state index is 12.4. The molecule has 30 heavy (non-hydrogen) atoms. The lowest BCUT2D eigenvalue weighted by molar-refractivity contribution is -0.113. The van der Waals surface area contributed by atoms with Gasteiger partial charge in [-0.1, -0.05) is 46.9 Å². The minimum absolute atomic E-state index is 0.102. The monoisotopic (exact) mass is 455 g/mol. The van der Waals surface area contributed by atoms with Gasteiger partial charge in [0.15, 0.2) is 10.3 Å². The van der Waals surface area contributed by atoms with E-state index in [-0.39, 0.29) is 11.7 Å².